The lowest BCUT2D eigenvalue weighted by Gasteiger charge is -2.19. The third kappa shape index (κ3) is 2.66. The topological polar surface area (TPSA) is 32.3 Å². The molecular formula is C15H22N2O. The lowest BCUT2D eigenvalue weighted by atomic mass is 10.1. The molecule has 3 nitrogen and oxygen atoms in total. The Hall–Kier alpha value is -1.51. The monoisotopic (exact) mass is 246 g/mol. The van der Waals surface area contributed by atoms with Crippen molar-refractivity contribution in [2.45, 2.75) is 20.3 Å². The van der Waals surface area contributed by atoms with E-state index in [1.807, 2.05) is 44.1 Å². The number of carbonyl (C=O) groups is 1. The molecule has 0 radical (unpaired) electrons. The number of nitrogens with one attached hydrogen (secondary N) is 1. The molecule has 0 heterocycles. The first-order valence-corrected chi connectivity index (χ1v) is 6.56. The van der Waals surface area contributed by atoms with Crippen molar-refractivity contribution in [1.29, 1.82) is 0 Å². The zero-order valence-corrected chi connectivity index (χ0v) is 11.7. The van der Waals surface area contributed by atoms with Gasteiger partial charge in [-0.1, -0.05) is 13.0 Å². The molecule has 0 bridgehead atoms. The Bertz CT molecular complexity index is 456. The first-order valence-electron chi connectivity index (χ1n) is 6.56. The molecule has 18 heavy (non-hydrogen) atoms. The van der Waals surface area contributed by atoms with Crippen LogP contribution in [0.3, 0.4) is 0 Å². The van der Waals surface area contributed by atoms with Gasteiger partial charge >= 0.3 is 0 Å². The van der Waals surface area contributed by atoms with Crippen LogP contribution in [0.5, 0.6) is 0 Å². The Morgan fingerprint density at radius 2 is 2.17 bits per heavy atom. The summed E-state index contributed by atoms with van der Waals surface area (Å²) in [4.78, 5) is 14.2. The number of carbonyl (C=O) groups excluding carboxylic acids is 1. The fourth-order valence-electron chi connectivity index (χ4n) is 2.35. The lowest BCUT2D eigenvalue weighted by Crippen LogP contribution is -2.29. The summed E-state index contributed by atoms with van der Waals surface area (Å²) in [6.45, 7) is 5.15. The predicted octanol–water partition coefficient (Wildman–Crippen LogP) is 2.76. The van der Waals surface area contributed by atoms with Gasteiger partial charge in [0, 0.05) is 26.3 Å². The van der Waals surface area contributed by atoms with Gasteiger partial charge in [0.2, 0.25) is 0 Å². The number of hydrogen-bond donors (Lipinski definition) is 1. The van der Waals surface area contributed by atoms with Crippen molar-refractivity contribution in [2.24, 2.45) is 11.8 Å². The van der Waals surface area contributed by atoms with Crippen molar-refractivity contribution < 1.29 is 4.79 Å². The van der Waals surface area contributed by atoms with Crippen molar-refractivity contribution in [3.8, 4) is 0 Å². The van der Waals surface area contributed by atoms with E-state index < -0.39 is 0 Å². The molecule has 98 valence electrons. The Balaban J connectivity index is 2.12. The van der Waals surface area contributed by atoms with Gasteiger partial charge < -0.3 is 10.2 Å². The molecule has 1 saturated carbocycles. The highest BCUT2D eigenvalue weighted by atomic mass is 16.2. The SMILES string of the molecule is CNc1cc(C)ccc1C(=O)N(C)CC1CC1C. The van der Waals surface area contributed by atoms with Crippen LogP contribution in [0.15, 0.2) is 18.2 Å². The van der Waals surface area contributed by atoms with Gasteiger partial charge in [0.15, 0.2) is 0 Å². The fourth-order valence-corrected chi connectivity index (χ4v) is 2.35. The summed E-state index contributed by atoms with van der Waals surface area (Å²) >= 11 is 0. The van der Waals surface area contributed by atoms with Gasteiger partial charge in [-0.3, -0.25) is 4.79 Å². The van der Waals surface area contributed by atoms with Crippen molar-refractivity contribution in [3.05, 3.63) is 29.3 Å². The molecule has 1 aromatic rings. The van der Waals surface area contributed by atoms with E-state index in [0.717, 1.165) is 29.3 Å². The summed E-state index contributed by atoms with van der Waals surface area (Å²) in [6, 6.07) is 5.92. The fraction of sp³-hybridized carbons (Fsp3) is 0.533. The minimum atomic E-state index is 0.110. The number of benzene rings is 1. The van der Waals surface area contributed by atoms with E-state index in [9.17, 15) is 4.79 Å². The minimum Gasteiger partial charge on any atom is -0.387 e. The highest BCUT2D eigenvalue weighted by molar-refractivity contribution is 5.99. The highest BCUT2D eigenvalue weighted by Crippen LogP contribution is 2.38. The number of aryl methyl sites for hydroxylation is 1. The normalized spacial score (nSPS) is 21.6. The third-order valence-electron chi connectivity index (χ3n) is 3.81. The van der Waals surface area contributed by atoms with E-state index >= 15 is 0 Å². The molecule has 1 aromatic carbocycles. The van der Waals surface area contributed by atoms with Crippen molar-refractivity contribution in [3.63, 3.8) is 0 Å². The maximum absolute atomic E-state index is 12.4. The first kappa shape index (κ1) is 12.9. The van der Waals surface area contributed by atoms with Crippen molar-refractivity contribution >= 4 is 11.6 Å². The quantitative estimate of drug-likeness (QED) is 0.886. The van der Waals surface area contributed by atoms with Crippen LogP contribution in [0, 0.1) is 18.8 Å². The highest BCUT2D eigenvalue weighted by Gasteiger charge is 2.34. The minimum absolute atomic E-state index is 0.110. The summed E-state index contributed by atoms with van der Waals surface area (Å²) < 4.78 is 0. The molecule has 2 unspecified atom stereocenters. The summed E-state index contributed by atoms with van der Waals surface area (Å²) in [7, 11) is 3.75. The van der Waals surface area contributed by atoms with Crippen LogP contribution in [0.4, 0.5) is 5.69 Å². The Morgan fingerprint density at radius 1 is 1.50 bits per heavy atom. The van der Waals surface area contributed by atoms with Gasteiger partial charge in [0.1, 0.15) is 0 Å². The predicted molar refractivity (Wildman–Crippen MR) is 75.0 cm³/mol. The van der Waals surface area contributed by atoms with Crippen LogP contribution in [0.2, 0.25) is 0 Å². The third-order valence-corrected chi connectivity index (χ3v) is 3.81. The largest absolute Gasteiger partial charge is 0.387 e. The molecule has 1 N–H and O–H groups in total. The van der Waals surface area contributed by atoms with Crippen LogP contribution < -0.4 is 5.32 Å². The molecule has 0 aliphatic heterocycles. The number of nitrogens with zero attached hydrogens (tertiary/aromatic N) is 1. The van der Waals surface area contributed by atoms with Crippen LogP contribution in [0.1, 0.15) is 29.3 Å². The average molecular weight is 246 g/mol. The van der Waals surface area contributed by atoms with Crippen LogP contribution >= 0.6 is 0 Å². The van der Waals surface area contributed by atoms with Crippen LogP contribution in [-0.2, 0) is 0 Å². The summed E-state index contributed by atoms with van der Waals surface area (Å²) in [5.74, 6) is 1.59. The van der Waals surface area contributed by atoms with Gasteiger partial charge in [-0.15, -0.1) is 0 Å². The Labute approximate surface area is 109 Å². The maximum Gasteiger partial charge on any atom is 0.255 e. The second-order valence-corrected chi connectivity index (χ2v) is 5.46. The average Bonchev–Trinajstić information content (AvgIpc) is 3.03. The maximum atomic E-state index is 12.4. The van der Waals surface area contributed by atoms with Gasteiger partial charge in [0.25, 0.3) is 5.91 Å². The second-order valence-electron chi connectivity index (χ2n) is 5.46. The zero-order chi connectivity index (χ0) is 13.3. The summed E-state index contributed by atoms with van der Waals surface area (Å²) in [6.07, 6.45) is 1.25. The van der Waals surface area contributed by atoms with Gasteiger partial charge in [-0.25, -0.2) is 0 Å². The molecule has 1 aliphatic carbocycles. The van der Waals surface area contributed by atoms with Gasteiger partial charge in [0.05, 0.1) is 5.56 Å². The molecule has 1 amide bonds. The summed E-state index contributed by atoms with van der Waals surface area (Å²) in [5.41, 5.74) is 2.84. The van der Waals surface area contributed by atoms with E-state index in [1.54, 1.807) is 0 Å². The molecule has 2 atom stereocenters. The first-order chi connectivity index (χ1) is 8.52. The second kappa shape index (κ2) is 5.01. The van der Waals surface area contributed by atoms with E-state index in [-0.39, 0.29) is 5.91 Å². The van der Waals surface area contributed by atoms with E-state index in [4.69, 9.17) is 0 Å². The molecule has 3 heteroatoms. The standard InChI is InChI=1S/C15H22N2O/c1-10-5-6-13(14(7-10)16-3)15(18)17(4)9-12-8-11(12)2/h5-7,11-12,16H,8-9H2,1-4H3. The molecule has 0 aromatic heterocycles. The van der Waals surface area contributed by atoms with E-state index in [2.05, 4.69) is 12.2 Å². The van der Waals surface area contributed by atoms with Crippen molar-refractivity contribution in [2.75, 3.05) is 26.0 Å². The van der Waals surface area contributed by atoms with Gasteiger partial charge in [-0.2, -0.15) is 0 Å². The molecular weight excluding hydrogens is 224 g/mol. The van der Waals surface area contributed by atoms with Gasteiger partial charge in [-0.05, 0) is 42.9 Å². The molecule has 2 rings (SSSR count). The Morgan fingerprint density at radius 3 is 2.72 bits per heavy atom. The number of amides is 1. The molecule has 0 saturated heterocycles. The number of anilines is 1. The zero-order valence-electron chi connectivity index (χ0n) is 11.7. The van der Waals surface area contributed by atoms with Crippen LogP contribution in [0.25, 0.3) is 0 Å². The smallest absolute Gasteiger partial charge is 0.255 e. The summed E-state index contributed by atoms with van der Waals surface area (Å²) in [5, 5.41) is 3.10. The number of rotatable bonds is 4. The van der Waals surface area contributed by atoms with Crippen LogP contribution in [-0.4, -0.2) is 31.4 Å². The molecule has 1 aliphatic rings. The van der Waals surface area contributed by atoms with E-state index in [1.165, 1.54) is 6.42 Å². The lowest BCUT2D eigenvalue weighted by molar-refractivity contribution is 0.0788. The van der Waals surface area contributed by atoms with Crippen molar-refractivity contribution in [1.82, 2.24) is 4.90 Å². The molecule has 0 spiro atoms. The Kier molecular flexibility index (Phi) is 3.60. The van der Waals surface area contributed by atoms with E-state index in [0.29, 0.717) is 5.92 Å². The number of hydrogen-bond acceptors (Lipinski definition) is 2. The molecule has 1 fully saturated rings.